The molecule has 0 radical (unpaired) electrons. The number of aryl methyl sites for hydroxylation is 2. The number of carbonyl (C=O) groups excluding carboxylic acids is 1. The van der Waals surface area contributed by atoms with Crippen LogP contribution in [0.4, 0.5) is 17.2 Å². The van der Waals surface area contributed by atoms with Gasteiger partial charge >= 0.3 is 0 Å². The highest BCUT2D eigenvalue weighted by Crippen LogP contribution is 2.20. The zero-order valence-corrected chi connectivity index (χ0v) is 14.8. The highest BCUT2D eigenvalue weighted by molar-refractivity contribution is 5.91. The van der Waals surface area contributed by atoms with Gasteiger partial charge in [-0.2, -0.15) is 0 Å². The monoisotopic (exact) mass is 347 g/mol. The van der Waals surface area contributed by atoms with Gasteiger partial charge in [0.25, 0.3) is 5.91 Å². The lowest BCUT2D eigenvalue weighted by Gasteiger charge is -2.10. The van der Waals surface area contributed by atoms with Crippen molar-refractivity contribution in [2.75, 3.05) is 17.2 Å². The van der Waals surface area contributed by atoms with Gasteiger partial charge in [0.15, 0.2) is 6.61 Å². The van der Waals surface area contributed by atoms with E-state index in [-0.39, 0.29) is 12.5 Å². The molecule has 5 heteroatoms. The first-order valence-corrected chi connectivity index (χ1v) is 8.38. The lowest BCUT2D eigenvalue weighted by molar-refractivity contribution is -0.118. The van der Waals surface area contributed by atoms with Gasteiger partial charge in [-0.1, -0.05) is 35.9 Å². The fourth-order valence-electron chi connectivity index (χ4n) is 2.37. The fourth-order valence-corrected chi connectivity index (χ4v) is 2.37. The molecule has 3 rings (SSSR count). The van der Waals surface area contributed by atoms with E-state index in [1.54, 1.807) is 12.3 Å². The minimum Gasteiger partial charge on any atom is -0.484 e. The van der Waals surface area contributed by atoms with Crippen LogP contribution in [0.25, 0.3) is 0 Å². The van der Waals surface area contributed by atoms with Crippen LogP contribution in [0.2, 0.25) is 0 Å². The Balaban J connectivity index is 1.52. The van der Waals surface area contributed by atoms with Gasteiger partial charge in [0.2, 0.25) is 0 Å². The van der Waals surface area contributed by atoms with Gasteiger partial charge in [0.05, 0.1) is 11.9 Å². The number of para-hydroxylation sites is 1. The summed E-state index contributed by atoms with van der Waals surface area (Å²) >= 11 is 0. The van der Waals surface area contributed by atoms with Crippen LogP contribution in [-0.2, 0) is 4.79 Å². The highest BCUT2D eigenvalue weighted by Gasteiger charge is 2.05. The Labute approximate surface area is 153 Å². The fraction of sp³-hybridized carbons (Fsp3) is 0.143. The van der Waals surface area contributed by atoms with Crippen LogP contribution in [0.3, 0.4) is 0 Å². The van der Waals surface area contributed by atoms with Gasteiger partial charge in [0.1, 0.15) is 11.6 Å². The average molecular weight is 347 g/mol. The topological polar surface area (TPSA) is 63.2 Å². The Bertz CT molecular complexity index is 875. The summed E-state index contributed by atoms with van der Waals surface area (Å²) in [6.07, 6.45) is 1.68. The van der Waals surface area contributed by atoms with E-state index in [0.717, 1.165) is 22.5 Å². The molecule has 0 aliphatic heterocycles. The third-order valence-electron chi connectivity index (χ3n) is 3.85. The van der Waals surface area contributed by atoms with Crippen molar-refractivity contribution in [3.63, 3.8) is 0 Å². The van der Waals surface area contributed by atoms with Crippen molar-refractivity contribution >= 4 is 23.1 Å². The molecule has 1 aromatic heterocycles. The van der Waals surface area contributed by atoms with Crippen LogP contribution in [-0.4, -0.2) is 17.5 Å². The molecule has 0 saturated carbocycles. The van der Waals surface area contributed by atoms with Gasteiger partial charge in [-0.3, -0.25) is 4.79 Å². The number of rotatable bonds is 6. The summed E-state index contributed by atoms with van der Waals surface area (Å²) in [6.45, 7) is 3.98. The van der Waals surface area contributed by atoms with Crippen molar-refractivity contribution < 1.29 is 9.53 Å². The van der Waals surface area contributed by atoms with E-state index in [9.17, 15) is 4.79 Å². The number of benzene rings is 2. The predicted molar refractivity (Wildman–Crippen MR) is 104 cm³/mol. The molecule has 132 valence electrons. The maximum absolute atomic E-state index is 12.0. The quantitative estimate of drug-likeness (QED) is 0.691. The van der Waals surface area contributed by atoms with Crippen LogP contribution >= 0.6 is 0 Å². The number of ether oxygens (including phenoxy) is 1. The zero-order chi connectivity index (χ0) is 18.4. The molecule has 26 heavy (non-hydrogen) atoms. The molecular formula is C21H21N3O2. The maximum atomic E-state index is 12.0. The lowest BCUT2D eigenvalue weighted by Crippen LogP contribution is -2.20. The van der Waals surface area contributed by atoms with Crippen molar-refractivity contribution in [1.29, 1.82) is 0 Å². The molecule has 2 N–H and O–H groups in total. The Kier molecular flexibility index (Phi) is 5.49. The number of carbonyl (C=O) groups is 1. The van der Waals surface area contributed by atoms with Gasteiger partial charge in [-0.05, 0) is 49.7 Å². The van der Waals surface area contributed by atoms with E-state index in [1.165, 1.54) is 0 Å². The summed E-state index contributed by atoms with van der Waals surface area (Å²) in [5.74, 6) is 0.895. The van der Waals surface area contributed by atoms with Crippen LogP contribution < -0.4 is 15.4 Å². The van der Waals surface area contributed by atoms with E-state index in [0.29, 0.717) is 11.6 Å². The number of anilines is 3. The van der Waals surface area contributed by atoms with E-state index < -0.39 is 0 Å². The first kappa shape index (κ1) is 17.5. The number of nitrogens with zero attached hydrogens (tertiary/aromatic N) is 1. The third kappa shape index (κ3) is 4.83. The van der Waals surface area contributed by atoms with Crippen molar-refractivity contribution in [2.45, 2.75) is 13.8 Å². The SMILES string of the molecule is Cc1ccc(OCC(=O)Nc2ccc(Nc3ccccc3C)cn2)cc1. The minimum absolute atomic E-state index is 0.0616. The van der Waals surface area contributed by atoms with Crippen molar-refractivity contribution in [3.8, 4) is 5.75 Å². The summed E-state index contributed by atoms with van der Waals surface area (Å²) in [4.78, 5) is 16.2. The second-order valence-electron chi connectivity index (χ2n) is 6.02. The Morgan fingerprint density at radius 1 is 1.00 bits per heavy atom. The minimum atomic E-state index is -0.252. The predicted octanol–water partition coefficient (Wildman–Crippen LogP) is 4.46. The Morgan fingerprint density at radius 3 is 2.46 bits per heavy atom. The number of hydrogen-bond donors (Lipinski definition) is 2. The third-order valence-corrected chi connectivity index (χ3v) is 3.85. The average Bonchev–Trinajstić information content (AvgIpc) is 2.65. The molecule has 0 unspecified atom stereocenters. The second-order valence-corrected chi connectivity index (χ2v) is 6.02. The first-order chi connectivity index (χ1) is 12.6. The highest BCUT2D eigenvalue weighted by atomic mass is 16.5. The summed E-state index contributed by atoms with van der Waals surface area (Å²) in [5, 5.41) is 6.03. The number of aromatic nitrogens is 1. The van der Waals surface area contributed by atoms with Crippen molar-refractivity contribution in [1.82, 2.24) is 4.98 Å². The molecule has 2 aromatic carbocycles. The summed E-state index contributed by atoms with van der Waals surface area (Å²) in [6, 6.07) is 19.2. The van der Waals surface area contributed by atoms with Crippen LogP contribution in [0.5, 0.6) is 5.75 Å². The van der Waals surface area contributed by atoms with Crippen molar-refractivity contribution in [2.24, 2.45) is 0 Å². The molecule has 0 bridgehead atoms. The van der Waals surface area contributed by atoms with Gasteiger partial charge < -0.3 is 15.4 Å². The smallest absolute Gasteiger partial charge is 0.263 e. The summed E-state index contributed by atoms with van der Waals surface area (Å²) in [7, 11) is 0. The van der Waals surface area contributed by atoms with Crippen LogP contribution in [0.1, 0.15) is 11.1 Å². The summed E-state index contributed by atoms with van der Waals surface area (Å²) in [5.41, 5.74) is 4.18. The number of hydrogen-bond acceptors (Lipinski definition) is 4. The standard InChI is InChI=1S/C21H21N3O2/c1-15-7-10-18(11-8-15)26-14-21(25)24-20-12-9-17(13-22-20)23-19-6-4-3-5-16(19)2/h3-13,23H,14H2,1-2H3,(H,22,24,25). The zero-order valence-electron chi connectivity index (χ0n) is 14.8. The number of amides is 1. The van der Waals surface area contributed by atoms with Crippen LogP contribution in [0, 0.1) is 13.8 Å². The Morgan fingerprint density at radius 2 is 1.77 bits per heavy atom. The van der Waals surface area contributed by atoms with Crippen LogP contribution in [0.15, 0.2) is 66.9 Å². The molecule has 0 aliphatic rings. The van der Waals surface area contributed by atoms with E-state index in [2.05, 4.69) is 15.6 Å². The molecular weight excluding hydrogens is 326 g/mol. The normalized spacial score (nSPS) is 10.2. The largest absolute Gasteiger partial charge is 0.484 e. The van der Waals surface area contributed by atoms with Crippen molar-refractivity contribution in [3.05, 3.63) is 78.0 Å². The molecule has 1 amide bonds. The summed E-state index contributed by atoms with van der Waals surface area (Å²) < 4.78 is 5.46. The molecule has 3 aromatic rings. The molecule has 0 saturated heterocycles. The molecule has 0 spiro atoms. The van der Waals surface area contributed by atoms with Gasteiger partial charge in [-0.25, -0.2) is 4.98 Å². The first-order valence-electron chi connectivity index (χ1n) is 8.38. The second kappa shape index (κ2) is 8.16. The van der Waals surface area contributed by atoms with Gasteiger partial charge in [-0.15, -0.1) is 0 Å². The maximum Gasteiger partial charge on any atom is 0.263 e. The number of pyridine rings is 1. The van der Waals surface area contributed by atoms with E-state index in [4.69, 9.17) is 4.74 Å². The number of nitrogens with one attached hydrogen (secondary N) is 2. The lowest BCUT2D eigenvalue weighted by atomic mass is 10.2. The Hall–Kier alpha value is -3.34. The molecule has 0 atom stereocenters. The van der Waals surface area contributed by atoms with E-state index in [1.807, 2.05) is 68.4 Å². The molecule has 1 heterocycles. The van der Waals surface area contributed by atoms with Gasteiger partial charge in [0, 0.05) is 5.69 Å². The van der Waals surface area contributed by atoms with E-state index >= 15 is 0 Å². The molecule has 0 fully saturated rings. The molecule has 5 nitrogen and oxygen atoms in total. The molecule has 0 aliphatic carbocycles.